The van der Waals surface area contributed by atoms with Crippen LogP contribution in [0.5, 0.6) is 0 Å². The van der Waals surface area contributed by atoms with E-state index in [1.807, 2.05) is 0 Å². The summed E-state index contributed by atoms with van der Waals surface area (Å²) in [4.78, 5) is 2.59. The largest absolute Gasteiger partial charge is 0.456 e. The Labute approximate surface area is 374 Å². The number of furan rings is 1. The average Bonchev–Trinajstić information content (AvgIpc) is 3.85. The molecule has 4 aliphatic carbocycles. The van der Waals surface area contributed by atoms with Crippen molar-refractivity contribution in [1.82, 2.24) is 0 Å². The first-order chi connectivity index (χ1) is 31.7. The van der Waals surface area contributed by atoms with E-state index in [0.29, 0.717) is 0 Å². The Hall–Kier alpha value is -7.68. The Morgan fingerprint density at radius 1 is 0.531 bits per heavy atom. The van der Waals surface area contributed by atoms with Crippen molar-refractivity contribution in [3.63, 3.8) is 0 Å². The molecule has 0 fully saturated rings. The Morgan fingerprint density at radius 3 is 1.92 bits per heavy atom. The lowest BCUT2D eigenvalue weighted by Crippen LogP contribution is -2.44. The maximum absolute atomic E-state index is 7.38. The highest BCUT2D eigenvalue weighted by Gasteiger charge is 2.62. The molecule has 0 bridgehead atoms. The minimum atomic E-state index is -0.691. The third-order valence-electron chi connectivity index (χ3n) is 14.8. The fourth-order valence-corrected chi connectivity index (χ4v) is 12.2. The number of fused-ring (bicyclic) bond motifs is 14. The molecule has 0 saturated carbocycles. The number of hydrogen-bond acceptors (Lipinski definition) is 2. The summed E-state index contributed by atoms with van der Waals surface area (Å²) in [6.45, 7) is 2.49. The van der Waals surface area contributed by atoms with Gasteiger partial charge < -0.3 is 9.32 Å². The van der Waals surface area contributed by atoms with Gasteiger partial charge in [-0.2, -0.15) is 0 Å². The van der Waals surface area contributed by atoms with Crippen LogP contribution in [0.15, 0.2) is 235 Å². The van der Waals surface area contributed by atoms with Crippen LogP contribution in [-0.2, 0) is 5.41 Å². The van der Waals surface area contributed by atoms with Crippen LogP contribution in [0.3, 0.4) is 0 Å². The fourth-order valence-electron chi connectivity index (χ4n) is 12.2. The number of benzene rings is 8. The van der Waals surface area contributed by atoms with Gasteiger partial charge in [-0.1, -0.05) is 201 Å². The fraction of sp³-hybridized carbons (Fsp3) is 0.0968. The van der Waals surface area contributed by atoms with Gasteiger partial charge in [0.25, 0.3) is 0 Å². The van der Waals surface area contributed by atoms with Crippen LogP contribution in [0.25, 0.3) is 66.4 Å². The summed E-state index contributed by atoms with van der Waals surface area (Å²) in [5.74, 6) is 0.129. The summed E-state index contributed by atoms with van der Waals surface area (Å²) < 4.78 is 7.38. The molecule has 0 radical (unpaired) electrons. The monoisotopic (exact) mass is 819 g/mol. The van der Waals surface area contributed by atoms with Crippen LogP contribution in [0, 0.1) is 5.41 Å². The first kappa shape index (κ1) is 36.9. The molecule has 3 atom stereocenters. The highest BCUT2D eigenvalue weighted by Crippen LogP contribution is 2.69. The number of anilines is 2. The van der Waals surface area contributed by atoms with Crippen LogP contribution in [-0.4, -0.2) is 0 Å². The quantitative estimate of drug-likeness (QED) is 0.172. The SMILES string of the molecule is CC12C=CC=CC1c1ccccc1C2(c1ccccc1)c1c(N(C2=CCCC=C2)c2cccc3c2-c2ccccc2-c2ccccc2-c2ccccc2-3)ccc2c1oc1ccccc12. The number of para-hydroxylation sites is 1. The van der Waals surface area contributed by atoms with E-state index < -0.39 is 10.8 Å². The lowest BCUT2D eigenvalue weighted by Gasteiger charge is -2.48. The Morgan fingerprint density at radius 2 is 1.17 bits per heavy atom. The van der Waals surface area contributed by atoms with Crippen molar-refractivity contribution in [3.8, 4) is 44.5 Å². The van der Waals surface area contributed by atoms with Gasteiger partial charge in [0.15, 0.2) is 0 Å². The second kappa shape index (κ2) is 14.2. The minimum absolute atomic E-state index is 0.129. The molecule has 0 spiro atoms. The molecule has 2 heteroatoms. The van der Waals surface area contributed by atoms with E-state index in [9.17, 15) is 0 Å². The number of rotatable bonds is 5. The molecule has 9 aromatic rings. The first-order valence-corrected chi connectivity index (χ1v) is 22.7. The smallest absolute Gasteiger partial charge is 0.142 e. The molecular formula is C62H45NO. The summed E-state index contributed by atoms with van der Waals surface area (Å²) >= 11 is 0. The summed E-state index contributed by atoms with van der Waals surface area (Å²) in [5, 5.41) is 2.25. The molecule has 8 aromatic carbocycles. The minimum Gasteiger partial charge on any atom is -0.456 e. The van der Waals surface area contributed by atoms with Crippen LogP contribution in [0.2, 0.25) is 0 Å². The van der Waals surface area contributed by atoms with Gasteiger partial charge in [0.1, 0.15) is 11.2 Å². The number of hydrogen-bond donors (Lipinski definition) is 0. The first-order valence-electron chi connectivity index (χ1n) is 22.7. The second-order valence-electron chi connectivity index (χ2n) is 17.9. The van der Waals surface area contributed by atoms with Crippen molar-refractivity contribution in [2.24, 2.45) is 5.41 Å². The van der Waals surface area contributed by atoms with Gasteiger partial charge in [-0.15, -0.1) is 0 Å². The van der Waals surface area contributed by atoms with Gasteiger partial charge in [-0.25, -0.2) is 0 Å². The van der Waals surface area contributed by atoms with Crippen molar-refractivity contribution in [1.29, 1.82) is 0 Å². The third kappa shape index (κ3) is 5.02. The third-order valence-corrected chi connectivity index (χ3v) is 14.8. The van der Waals surface area contributed by atoms with Crippen LogP contribution in [0.1, 0.15) is 47.9 Å². The van der Waals surface area contributed by atoms with Gasteiger partial charge in [0.2, 0.25) is 0 Å². The van der Waals surface area contributed by atoms with Crippen LogP contribution < -0.4 is 4.90 Å². The Kier molecular flexibility index (Phi) is 8.18. The molecule has 304 valence electrons. The molecule has 1 heterocycles. The lowest BCUT2D eigenvalue weighted by molar-refractivity contribution is 0.289. The molecule has 0 N–H and O–H groups in total. The van der Waals surface area contributed by atoms with Gasteiger partial charge in [-0.05, 0) is 98.8 Å². The zero-order chi connectivity index (χ0) is 42.4. The van der Waals surface area contributed by atoms with Gasteiger partial charge in [0.05, 0.1) is 16.8 Å². The maximum atomic E-state index is 7.38. The molecule has 1 aromatic heterocycles. The molecule has 13 rings (SSSR count). The van der Waals surface area contributed by atoms with E-state index in [-0.39, 0.29) is 5.92 Å². The van der Waals surface area contributed by atoms with Crippen LogP contribution >= 0.6 is 0 Å². The van der Waals surface area contributed by atoms with E-state index in [2.05, 4.69) is 236 Å². The van der Waals surface area contributed by atoms with E-state index in [0.717, 1.165) is 51.9 Å². The van der Waals surface area contributed by atoms with Gasteiger partial charge in [0, 0.05) is 38.9 Å². The standard InChI is InChI=1S/C62H45NO/c1-61-40-19-18-34-53(61)52-32-14-16-35-54(52)62(61,41-21-4-2-5-22-41)59-56(39-38-51-48-30-15-17-37-57(48)64-60(51)59)63(42-23-6-3-7-24-42)55-36-20-33-50-47-28-11-10-27-45(47)43-25-8-9-26-44(43)46-29-12-13-31-49(46)58(50)55/h2,4-6,8-40,53H,3,7H2,1H3. The summed E-state index contributed by atoms with van der Waals surface area (Å²) in [6, 6.07) is 67.7. The van der Waals surface area contributed by atoms with Crippen molar-refractivity contribution < 1.29 is 4.42 Å². The Bertz CT molecular complexity index is 3480. The average molecular weight is 820 g/mol. The van der Waals surface area contributed by atoms with E-state index in [1.165, 1.54) is 66.8 Å². The zero-order valence-electron chi connectivity index (χ0n) is 35.7. The number of nitrogens with zero attached hydrogens (tertiary/aromatic N) is 1. The summed E-state index contributed by atoms with van der Waals surface area (Å²) in [5.41, 5.74) is 19.0. The summed E-state index contributed by atoms with van der Waals surface area (Å²) in [6.07, 6.45) is 18.5. The highest BCUT2D eigenvalue weighted by atomic mass is 16.3. The predicted octanol–water partition coefficient (Wildman–Crippen LogP) is 16.5. The number of allylic oxidation sites excluding steroid dienone is 7. The highest BCUT2D eigenvalue weighted by molar-refractivity contribution is 6.11. The van der Waals surface area contributed by atoms with Gasteiger partial charge >= 0.3 is 0 Å². The van der Waals surface area contributed by atoms with Crippen molar-refractivity contribution in [3.05, 3.63) is 252 Å². The molecular weight excluding hydrogens is 775 g/mol. The summed E-state index contributed by atoms with van der Waals surface area (Å²) in [7, 11) is 0. The Balaban J connectivity index is 1.22. The topological polar surface area (TPSA) is 16.4 Å². The molecule has 0 amide bonds. The lowest BCUT2D eigenvalue weighted by atomic mass is 9.54. The maximum Gasteiger partial charge on any atom is 0.142 e. The van der Waals surface area contributed by atoms with Crippen molar-refractivity contribution >= 4 is 33.3 Å². The van der Waals surface area contributed by atoms with E-state index in [1.54, 1.807) is 0 Å². The van der Waals surface area contributed by atoms with E-state index in [4.69, 9.17) is 4.42 Å². The van der Waals surface area contributed by atoms with Gasteiger partial charge in [-0.3, -0.25) is 0 Å². The second-order valence-corrected chi connectivity index (χ2v) is 17.9. The molecule has 3 unspecified atom stereocenters. The van der Waals surface area contributed by atoms with E-state index >= 15 is 0 Å². The molecule has 64 heavy (non-hydrogen) atoms. The molecule has 4 aliphatic rings. The molecule has 0 saturated heterocycles. The zero-order valence-corrected chi connectivity index (χ0v) is 35.7. The van der Waals surface area contributed by atoms with Crippen LogP contribution in [0.4, 0.5) is 11.4 Å². The van der Waals surface area contributed by atoms with Crippen molar-refractivity contribution in [2.45, 2.75) is 31.1 Å². The molecule has 2 nitrogen and oxygen atoms in total. The molecule has 0 aliphatic heterocycles. The normalized spacial score (nSPS) is 20.0. The van der Waals surface area contributed by atoms with Crippen molar-refractivity contribution in [2.75, 3.05) is 4.90 Å². The predicted molar refractivity (Wildman–Crippen MR) is 266 cm³/mol.